The molecule has 0 radical (unpaired) electrons. The Kier molecular flexibility index (Phi) is 2.93. The number of aromatic amines is 1. The van der Waals surface area contributed by atoms with Gasteiger partial charge in [0, 0.05) is 25.8 Å². The Hall–Kier alpha value is -1.40. The quantitative estimate of drug-likeness (QED) is 0.658. The number of nitrogens with one attached hydrogen (secondary N) is 2. The first kappa shape index (κ1) is 11.1. The summed E-state index contributed by atoms with van der Waals surface area (Å²) < 4.78 is 5.27. The summed E-state index contributed by atoms with van der Waals surface area (Å²) in [7, 11) is 0. The molecule has 6 nitrogen and oxygen atoms in total. The molecule has 2 rings (SSSR count). The Labute approximate surface area is 93.0 Å². The molecule has 1 aromatic heterocycles. The molecule has 0 bridgehead atoms. The van der Waals surface area contributed by atoms with Crippen molar-refractivity contribution in [1.82, 2.24) is 15.5 Å². The number of carbonyl (C=O) groups excluding carboxylic acids is 1. The predicted molar refractivity (Wildman–Crippen MR) is 55.9 cm³/mol. The average Bonchev–Trinajstić information content (AvgIpc) is 2.87. The molecule has 2 unspecified atom stereocenters. The molecule has 1 aliphatic heterocycles. The second-order valence-electron chi connectivity index (χ2n) is 4.02. The number of ether oxygens (including phenoxy) is 1. The van der Waals surface area contributed by atoms with Gasteiger partial charge in [-0.2, -0.15) is 5.10 Å². The minimum Gasteiger partial charge on any atom is -0.385 e. The van der Waals surface area contributed by atoms with Crippen molar-refractivity contribution in [2.75, 3.05) is 13.2 Å². The molecule has 1 saturated heterocycles. The molecule has 3 N–H and O–H groups in total. The van der Waals surface area contributed by atoms with Gasteiger partial charge in [0.25, 0.3) is 5.91 Å². The van der Waals surface area contributed by atoms with E-state index in [0.717, 1.165) is 0 Å². The molecule has 1 fully saturated rings. The number of amides is 1. The molecule has 88 valence electrons. The lowest BCUT2D eigenvalue weighted by Crippen LogP contribution is -2.47. The summed E-state index contributed by atoms with van der Waals surface area (Å²) in [6, 6.07) is 1.58. The van der Waals surface area contributed by atoms with E-state index in [1.165, 1.54) is 6.20 Å². The summed E-state index contributed by atoms with van der Waals surface area (Å²) in [5, 5.41) is 19.0. The number of rotatable bonds is 3. The van der Waals surface area contributed by atoms with Crippen LogP contribution in [0.4, 0.5) is 0 Å². The van der Waals surface area contributed by atoms with E-state index < -0.39 is 5.60 Å². The van der Waals surface area contributed by atoms with E-state index in [2.05, 4.69) is 15.5 Å². The van der Waals surface area contributed by atoms with Crippen LogP contribution in [0.25, 0.3) is 0 Å². The van der Waals surface area contributed by atoms with Gasteiger partial charge in [-0.1, -0.05) is 0 Å². The zero-order valence-electron chi connectivity index (χ0n) is 9.06. The molecule has 0 saturated carbocycles. The van der Waals surface area contributed by atoms with Crippen LogP contribution >= 0.6 is 0 Å². The molecule has 6 heteroatoms. The van der Waals surface area contributed by atoms with E-state index in [4.69, 9.17) is 4.74 Å². The number of H-pyrrole nitrogens is 1. The second kappa shape index (κ2) is 4.23. The Balaban J connectivity index is 1.90. The topological polar surface area (TPSA) is 87.2 Å². The van der Waals surface area contributed by atoms with Crippen molar-refractivity contribution in [2.45, 2.75) is 25.0 Å². The number of aliphatic hydroxyl groups is 1. The summed E-state index contributed by atoms with van der Waals surface area (Å²) in [4.78, 5) is 11.6. The molecule has 2 heterocycles. The van der Waals surface area contributed by atoms with Crippen LogP contribution in [0.1, 0.15) is 23.8 Å². The van der Waals surface area contributed by atoms with Gasteiger partial charge >= 0.3 is 0 Å². The first-order valence-electron chi connectivity index (χ1n) is 5.23. The summed E-state index contributed by atoms with van der Waals surface area (Å²) in [5.74, 6) is -0.273. The van der Waals surface area contributed by atoms with Crippen molar-refractivity contribution in [3.63, 3.8) is 0 Å². The maximum Gasteiger partial charge on any atom is 0.269 e. The van der Waals surface area contributed by atoms with Crippen molar-refractivity contribution in [1.29, 1.82) is 0 Å². The summed E-state index contributed by atoms with van der Waals surface area (Å²) in [5.41, 5.74) is -0.578. The first-order valence-corrected chi connectivity index (χ1v) is 5.23. The molecular formula is C10H15N3O3. The van der Waals surface area contributed by atoms with Crippen LogP contribution < -0.4 is 5.32 Å². The van der Waals surface area contributed by atoms with E-state index in [1.807, 2.05) is 0 Å². The number of hydrogen-bond donors (Lipinski definition) is 3. The fourth-order valence-corrected chi connectivity index (χ4v) is 1.71. The third-order valence-corrected chi connectivity index (χ3v) is 2.96. The monoisotopic (exact) mass is 225 g/mol. The van der Waals surface area contributed by atoms with Crippen LogP contribution in [0.2, 0.25) is 0 Å². The molecule has 0 aliphatic carbocycles. The maximum absolute atomic E-state index is 11.6. The van der Waals surface area contributed by atoms with E-state index in [1.54, 1.807) is 13.0 Å². The Morgan fingerprint density at radius 1 is 1.88 bits per heavy atom. The van der Waals surface area contributed by atoms with Crippen molar-refractivity contribution in [3.8, 4) is 0 Å². The fourth-order valence-electron chi connectivity index (χ4n) is 1.71. The Bertz CT molecular complexity index is 365. The lowest BCUT2D eigenvalue weighted by molar-refractivity contribution is -0.0252. The lowest BCUT2D eigenvalue weighted by Gasteiger charge is -2.25. The third kappa shape index (κ3) is 2.07. The van der Waals surface area contributed by atoms with Crippen molar-refractivity contribution >= 4 is 5.91 Å². The van der Waals surface area contributed by atoms with Gasteiger partial charge in [0.05, 0.1) is 6.10 Å². The highest BCUT2D eigenvalue weighted by molar-refractivity contribution is 5.92. The fraction of sp³-hybridized carbons (Fsp3) is 0.600. The van der Waals surface area contributed by atoms with Gasteiger partial charge in [0.15, 0.2) is 0 Å². The minimum atomic E-state index is -0.963. The Morgan fingerprint density at radius 3 is 3.25 bits per heavy atom. The average molecular weight is 225 g/mol. The summed E-state index contributed by atoms with van der Waals surface area (Å²) in [6.07, 6.45) is 1.79. The minimum absolute atomic E-state index is 0.187. The smallest absolute Gasteiger partial charge is 0.269 e. The lowest BCUT2D eigenvalue weighted by atomic mass is 9.97. The maximum atomic E-state index is 11.6. The SMILES string of the molecule is CC1OCCC1(O)CNC(=O)c1ccn[nH]1. The number of carbonyl (C=O) groups is 1. The number of hydrogen-bond acceptors (Lipinski definition) is 4. The zero-order valence-corrected chi connectivity index (χ0v) is 9.06. The highest BCUT2D eigenvalue weighted by Crippen LogP contribution is 2.24. The summed E-state index contributed by atoms with van der Waals surface area (Å²) >= 11 is 0. The first-order chi connectivity index (χ1) is 7.62. The standard InChI is InChI=1S/C10H15N3O3/c1-7-10(15,3-5-16-7)6-11-9(14)8-2-4-12-13-8/h2,4,7,15H,3,5-6H2,1H3,(H,11,14)(H,12,13). The van der Waals surface area contributed by atoms with Gasteiger partial charge in [0.1, 0.15) is 11.3 Å². The van der Waals surface area contributed by atoms with Crippen molar-refractivity contribution in [2.24, 2.45) is 0 Å². The normalized spacial score (nSPS) is 29.2. The molecule has 2 atom stereocenters. The van der Waals surface area contributed by atoms with Crippen molar-refractivity contribution < 1.29 is 14.6 Å². The van der Waals surface area contributed by atoms with Gasteiger partial charge in [0.2, 0.25) is 0 Å². The van der Waals surface area contributed by atoms with Gasteiger partial charge < -0.3 is 15.2 Å². The molecule has 1 aliphatic rings. The van der Waals surface area contributed by atoms with Gasteiger partial charge in [-0.05, 0) is 13.0 Å². The molecule has 1 amide bonds. The number of nitrogens with zero attached hydrogens (tertiary/aromatic N) is 1. The highest BCUT2D eigenvalue weighted by atomic mass is 16.5. The molecule has 0 aromatic carbocycles. The third-order valence-electron chi connectivity index (χ3n) is 2.96. The van der Waals surface area contributed by atoms with E-state index in [0.29, 0.717) is 18.7 Å². The largest absolute Gasteiger partial charge is 0.385 e. The van der Waals surface area contributed by atoms with Crippen LogP contribution in [0.15, 0.2) is 12.3 Å². The van der Waals surface area contributed by atoms with Gasteiger partial charge in [-0.3, -0.25) is 9.89 Å². The van der Waals surface area contributed by atoms with E-state index >= 15 is 0 Å². The van der Waals surface area contributed by atoms with Crippen LogP contribution in [0.5, 0.6) is 0 Å². The van der Waals surface area contributed by atoms with Crippen LogP contribution in [-0.2, 0) is 4.74 Å². The molecular weight excluding hydrogens is 210 g/mol. The highest BCUT2D eigenvalue weighted by Gasteiger charge is 2.39. The number of aromatic nitrogens is 2. The molecule has 1 aromatic rings. The van der Waals surface area contributed by atoms with Gasteiger partial charge in [-0.25, -0.2) is 0 Å². The van der Waals surface area contributed by atoms with Gasteiger partial charge in [-0.15, -0.1) is 0 Å². The second-order valence-corrected chi connectivity index (χ2v) is 4.02. The molecule has 16 heavy (non-hydrogen) atoms. The predicted octanol–water partition coefficient (Wildman–Crippen LogP) is -0.321. The van der Waals surface area contributed by atoms with Crippen LogP contribution in [0.3, 0.4) is 0 Å². The molecule has 0 spiro atoms. The van der Waals surface area contributed by atoms with Crippen molar-refractivity contribution in [3.05, 3.63) is 18.0 Å². The summed E-state index contributed by atoms with van der Waals surface area (Å²) in [6.45, 7) is 2.51. The van der Waals surface area contributed by atoms with Crippen LogP contribution in [-0.4, -0.2) is 46.1 Å². The van der Waals surface area contributed by atoms with E-state index in [-0.39, 0.29) is 18.6 Å². The zero-order chi connectivity index (χ0) is 11.6. The van der Waals surface area contributed by atoms with E-state index in [9.17, 15) is 9.90 Å². The Morgan fingerprint density at radius 2 is 2.69 bits per heavy atom. The van der Waals surface area contributed by atoms with Crippen LogP contribution in [0, 0.1) is 0 Å².